The van der Waals surface area contributed by atoms with Crippen molar-refractivity contribution >= 4 is 16.9 Å². The van der Waals surface area contributed by atoms with Gasteiger partial charge in [-0.15, -0.1) is 0 Å². The molecule has 0 saturated carbocycles. The summed E-state index contributed by atoms with van der Waals surface area (Å²) in [5, 5.41) is 6.79. The highest BCUT2D eigenvalue weighted by Crippen LogP contribution is 2.38. The number of likely N-dealkylation sites (N-methyl/N-ethyl adjacent to an activating group) is 1. The third-order valence-electron chi connectivity index (χ3n) is 5.71. The van der Waals surface area contributed by atoms with Gasteiger partial charge in [-0.3, -0.25) is 0 Å². The van der Waals surface area contributed by atoms with Crippen LogP contribution >= 0.6 is 0 Å². The predicted molar refractivity (Wildman–Crippen MR) is 130 cm³/mol. The van der Waals surface area contributed by atoms with Gasteiger partial charge in [0.1, 0.15) is 5.75 Å². The lowest BCUT2D eigenvalue weighted by Crippen LogP contribution is -2.32. The van der Waals surface area contributed by atoms with Crippen molar-refractivity contribution in [1.29, 1.82) is 0 Å². The van der Waals surface area contributed by atoms with E-state index in [0.29, 0.717) is 6.54 Å². The number of rotatable bonds is 10. The number of hydrogen-bond acceptors (Lipinski definition) is 6. The summed E-state index contributed by atoms with van der Waals surface area (Å²) in [5.41, 5.74) is 10.3. The summed E-state index contributed by atoms with van der Waals surface area (Å²) in [6.07, 6.45) is 7.58. The molecule has 6 heteroatoms. The number of para-hydroxylation sites is 3. The van der Waals surface area contributed by atoms with E-state index in [1.165, 1.54) is 16.8 Å². The highest BCUT2D eigenvalue weighted by Gasteiger charge is 2.27. The van der Waals surface area contributed by atoms with Crippen molar-refractivity contribution in [1.82, 2.24) is 10.6 Å². The van der Waals surface area contributed by atoms with Gasteiger partial charge >= 0.3 is 0 Å². The fourth-order valence-electron chi connectivity index (χ4n) is 4.05. The minimum atomic E-state index is -0.103. The quantitative estimate of drug-likeness (QED) is 0.515. The van der Waals surface area contributed by atoms with Gasteiger partial charge in [0.2, 0.25) is 0 Å². The second kappa shape index (κ2) is 10.5. The van der Waals surface area contributed by atoms with Crippen molar-refractivity contribution in [3.05, 3.63) is 72.4 Å². The topological polar surface area (TPSA) is 65.8 Å². The zero-order chi connectivity index (χ0) is 21.5. The van der Waals surface area contributed by atoms with E-state index in [1.54, 1.807) is 0 Å². The molecule has 0 aliphatic carbocycles. The van der Waals surface area contributed by atoms with Gasteiger partial charge < -0.3 is 30.9 Å². The first kappa shape index (κ1) is 21.4. The van der Waals surface area contributed by atoms with E-state index in [4.69, 9.17) is 10.5 Å². The summed E-state index contributed by atoms with van der Waals surface area (Å²) < 4.78 is 6.17. The Morgan fingerprint density at radius 3 is 2.52 bits per heavy atom. The molecule has 2 aromatic rings. The largest absolute Gasteiger partial charge is 0.465 e. The van der Waals surface area contributed by atoms with E-state index in [-0.39, 0.29) is 6.23 Å². The molecule has 2 heterocycles. The Kier molecular flexibility index (Phi) is 7.25. The van der Waals surface area contributed by atoms with Crippen LogP contribution in [-0.2, 0) is 0 Å². The highest BCUT2D eigenvalue weighted by atomic mass is 16.5. The number of nitrogens with two attached hydrogens (primary N) is 1. The predicted octanol–water partition coefficient (Wildman–Crippen LogP) is 2.79. The molecular weight excluding hydrogens is 386 g/mol. The molecule has 0 radical (unpaired) electrons. The average Bonchev–Trinajstić information content (AvgIpc) is 3.12. The Bertz CT molecular complexity index is 926. The normalized spacial score (nSPS) is 18.3. The molecule has 4 rings (SSSR count). The molecule has 2 aromatic carbocycles. The molecule has 0 amide bonds. The van der Waals surface area contributed by atoms with E-state index in [2.05, 4.69) is 76.2 Å². The van der Waals surface area contributed by atoms with Crippen molar-refractivity contribution in [2.45, 2.75) is 12.6 Å². The van der Waals surface area contributed by atoms with Crippen molar-refractivity contribution in [2.24, 2.45) is 5.73 Å². The summed E-state index contributed by atoms with van der Waals surface area (Å²) in [6.45, 7) is 5.47. The Balaban J connectivity index is 1.37. The van der Waals surface area contributed by atoms with E-state index in [0.717, 1.165) is 50.6 Å². The SMILES string of the molecule is CN1c2ccccc2OC1/C=C1\C=CN(CCCNCCNCCN)c2ccccc21. The zero-order valence-corrected chi connectivity index (χ0v) is 18.3. The summed E-state index contributed by atoms with van der Waals surface area (Å²) in [6, 6.07) is 16.8. The molecule has 1 unspecified atom stereocenters. The molecule has 2 aliphatic heterocycles. The van der Waals surface area contributed by atoms with E-state index < -0.39 is 0 Å². The number of fused-ring (bicyclic) bond motifs is 2. The zero-order valence-electron chi connectivity index (χ0n) is 18.3. The Hall–Kier alpha value is -2.80. The minimum Gasteiger partial charge on any atom is -0.465 e. The van der Waals surface area contributed by atoms with Crippen LogP contribution in [0.25, 0.3) is 5.57 Å². The van der Waals surface area contributed by atoms with Gasteiger partial charge in [-0.1, -0.05) is 30.3 Å². The molecule has 0 fully saturated rings. The van der Waals surface area contributed by atoms with Gasteiger partial charge in [-0.25, -0.2) is 0 Å². The molecule has 0 bridgehead atoms. The Morgan fingerprint density at radius 1 is 0.968 bits per heavy atom. The number of anilines is 2. The summed E-state index contributed by atoms with van der Waals surface area (Å²) in [5.74, 6) is 0.937. The van der Waals surface area contributed by atoms with Gasteiger partial charge in [0.25, 0.3) is 0 Å². The molecule has 1 atom stereocenters. The van der Waals surface area contributed by atoms with Crippen LogP contribution in [0.15, 0.2) is 66.9 Å². The van der Waals surface area contributed by atoms with Crippen LogP contribution < -0.4 is 30.9 Å². The lowest BCUT2D eigenvalue weighted by Gasteiger charge is -2.28. The standard InChI is InChI=1S/C25H33N5O/c1-29-23-9-4-5-10-24(23)31-25(29)19-20-11-18-30(22-8-3-2-7-21(20)22)17-6-13-27-15-16-28-14-12-26/h2-5,7-11,18-19,25,27-28H,6,12-17,26H2,1H3/b20-19+. The number of hydrogen-bond donors (Lipinski definition) is 3. The lowest BCUT2D eigenvalue weighted by atomic mass is 9.99. The Labute approximate surface area is 185 Å². The summed E-state index contributed by atoms with van der Waals surface area (Å²) >= 11 is 0. The van der Waals surface area contributed by atoms with Crippen molar-refractivity contribution in [2.75, 3.05) is 56.1 Å². The monoisotopic (exact) mass is 419 g/mol. The lowest BCUT2D eigenvalue weighted by molar-refractivity contribution is 0.280. The van der Waals surface area contributed by atoms with Crippen LogP contribution in [0.3, 0.4) is 0 Å². The van der Waals surface area contributed by atoms with Gasteiger partial charge in [-0.05, 0) is 48.9 Å². The first-order chi connectivity index (χ1) is 15.3. The van der Waals surface area contributed by atoms with Gasteiger partial charge in [0.15, 0.2) is 6.23 Å². The second-order valence-corrected chi connectivity index (χ2v) is 7.88. The molecule has 0 aromatic heterocycles. The van der Waals surface area contributed by atoms with Crippen LogP contribution in [-0.4, -0.2) is 52.5 Å². The third kappa shape index (κ3) is 5.10. The molecule has 31 heavy (non-hydrogen) atoms. The molecule has 6 nitrogen and oxygen atoms in total. The van der Waals surface area contributed by atoms with Crippen LogP contribution in [0.4, 0.5) is 11.4 Å². The number of benzene rings is 2. The molecule has 2 aliphatic rings. The van der Waals surface area contributed by atoms with Crippen LogP contribution in [0.5, 0.6) is 5.75 Å². The Morgan fingerprint density at radius 2 is 1.71 bits per heavy atom. The fourth-order valence-corrected chi connectivity index (χ4v) is 4.05. The molecule has 0 spiro atoms. The van der Waals surface area contributed by atoms with Gasteiger partial charge in [0.05, 0.1) is 5.69 Å². The molecular formula is C25H33N5O. The maximum Gasteiger partial charge on any atom is 0.192 e. The first-order valence-corrected chi connectivity index (χ1v) is 11.1. The van der Waals surface area contributed by atoms with Crippen LogP contribution in [0.1, 0.15) is 12.0 Å². The smallest absolute Gasteiger partial charge is 0.192 e. The number of nitrogens with zero attached hydrogens (tertiary/aromatic N) is 2. The average molecular weight is 420 g/mol. The van der Waals surface area contributed by atoms with Crippen molar-refractivity contribution in [3.63, 3.8) is 0 Å². The van der Waals surface area contributed by atoms with Crippen molar-refractivity contribution < 1.29 is 4.74 Å². The first-order valence-electron chi connectivity index (χ1n) is 11.1. The summed E-state index contributed by atoms with van der Waals surface area (Å²) in [4.78, 5) is 4.52. The summed E-state index contributed by atoms with van der Waals surface area (Å²) in [7, 11) is 2.08. The van der Waals surface area contributed by atoms with E-state index in [9.17, 15) is 0 Å². The maximum atomic E-state index is 6.17. The number of allylic oxidation sites excluding steroid dienone is 2. The minimum absolute atomic E-state index is 0.103. The van der Waals surface area contributed by atoms with E-state index in [1.807, 2.05) is 18.2 Å². The van der Waals surface area contributed by atoms with Gasteiger partial charge in [-0.2, -0.15) is 0 Å². The van der Waals surface area contributed by atoms with Crippen LogP contribution in [0, 0.1) is 0 Å². The molecule has 0 saturated heterocycles. The highest BCUT2D eigenvalue weighted by molar-refractivity contribution is 5.86. The number of nitrogens with one attached hydrogen (secondary N) is 2. The number of ether oxygens (including phenoxy) is 1. The van der Waals surface area contributed by atoms with Crippen molar-refractivity contribution in [3.8, 4) is 5.75 Å². The fraction of sp³-hybridized carbons (Fsp3) is 0.360. The second-order valence-electron chi connectivity index (χ2n) is 7.88. The maximum absolute atomic E-state index is 6.17. The third-order valence-corrected chi connectivity index (χ3v) is 5.71. The molecule has 4 N–H and O–H groups in total. The van der Waals surface area contributed by atoms with E-state index >= 15 is 0 Å². The molecule has 164 valence electrons. The van der Waals surface area contributed by atoms with Gasteiger partial charge in [0, 0.05) is 57.2 Å². The van der Waals surface area contributed by atoms with Crippen LogP contribution in [0.2, 0.25) is 0 Å².